The number of amides is 1. The lowest BCUT2D eigenvalue weighted by Crippen LogP contribution is -2.43. The van der Waals surface area contributed by atoms with Crippen LogP contribution in [0.2, 0.25) is 0 Å². The first kappa shape index (κ1) is 14.6. The number of rotatable bonds is 4. The van der Waals surface area contributed by atoms with E-state index in [2.05, 4.69) is 5.32 Å². The molecule has 4 heteroatoms. The zero-order chi connectivity index (χ0) is 13.9. The van der Waals surface area contributed by atoms with Gasteiger partial charge in [0.2, 0.25) is 0 Å². The molecule has 4 nitrogen and oxygen atoms in total. The zero-order valence-corrected chi connectivity index (χ0v) is 12.6. The predicted octanol–water partition coefficient (Wildman–Crippen LogP) is 2.78. The maximum atomic E-state index is 12.0. The molecule has 0 aromatic heterocycles. The molecule has 19 heavy (non-hydrogen) atoms. The molecule has 1 N–H and O–H groups in total. The van der Waals surface area contributed by atoms with Crippen molar-refractivity contribution in [1.29, 1.82) is 0 Å². The van der Waals surface area contributed by atoms with Crippen molar-refractivity contribution in [3.63, 3.8) is 0 Å². The predicted molar refractivity (Wildman–Crippen MR) is 76.2 cm³/mol. The van der Waals surface area contributed by atoms with Gasteiger partial charge in [-0.1, -0.05) is 0 Å². The van der Waals surface area contributed by atoms with Gasteiger partial charge in [-0.3, -0.25) is 0 Å². The number of nitrogens with one attached hydrogen (secondary N) is 1. The number of nitrogens with zero attached hydrogens (tertiary/aromatic N) is 1. The second kappa shape index (κ2) is 6.12. The Hall–Kier alpha value is -0.770. The minimum absolute atomic E-state index is 0.146. The van der Waals surface area contributed by atoms with E-state index in [0.717, 1.165) is 32.1 Å². The molecular weight excluding hydrogens is 240 g/mol. The van der Waals surface area contributed by atoms with Gasteiger partial charge in [0, 0.05) is 19.1 Å². The van der Waals surface area contributed by atoms with E-state index in [1.165, 1.54) is 25.7 Å². The summed E-state index contributed by atoms with van der Waals surface area (Å²) in [5, 5.41) is 3.55. The van der Waals surface area contributed by atoms with Crippen LogP contribution in [0.25, 0.3) is 0 Å². The highest BCUT2D eigenvalue weighted by Gasteiger charge is 2.28. The number of hydrogen-bond donors (Lipinski definition) is 1. The number of piperidine rings is 1. The van der Waals surface area contributed by atoms with E-state index >= 15 is 0 Å². The largest absolute Gasteiger partial charge is 0.444 e. The molecule has 1 amide bonds. The molecule has 110 valence electrons. The first-order chi connectivity index (χ1) is 8.94. The average Bonchev–Trinajstić information content (AvgIpc) is 3.11. The molecule has 1 aliphatic heterocycles. The fraction of sp³-hybridized carbons (Fsp3) is 0.933. The quantitative estimate of drug-likeness (QED) is 0.852. The highest BCUT2D eigenvalue weighted by Crippen LogP contribution is 2.23. The van der Waals surface area contributed by atoms with E-state index in [1.807, 2.05) is 25.7 Å². The maximum absolute atomic E-state index is 12.0. The Morgan fingerprint density at radius 3 is 2.68 bits per heavy atom. The van der Waals surface area contributed by atoms with E-state index < -0.39 is 5.60 Å². The van der Waals surface area contributed by atoms with Gasteiger partial charge in [-0.05, 0) is 65.3 Å². The third-order valence-corrected chi connectivity index (χ3v) is 3.73. The van der Waals surface area contributed by atoms with Gasteiger partial charge >= 0.3 is 6.09 Å². The molecule has 0 unspecified atom stereocenters. The summed E-state index contributed by atoms with van der Waals surface area (Å²) in [5.41, 5.74) is -0.391. The van der Waals surface area contributed by atoms with Crippen LogP contribution in [-0.4, -0.2) is 42.3 Å². The second-order valence-electron chi connectivity index (χ2n) is 6.95. The van der Waals surface area contributed by atoms with Crippen LogP contribution in [0.3, 0.4) is 0 Å². The summed E-state index contributed by atoms with van der Waals surface area (Å²) in [6.45, 7) is 8.57. The van der Waals surface area contributed by atoms with Crippen molar-refractivity contribution in [2.24, 2.45) is 5.92 Å². The fourth-order valence-electron chi connectivity index (χ4n) is 2.57. The average molecular weight is 268 g/mol. The third-order valence-electron chi connectivity index (χ3n) is 3.73. The molecule has 0 bridgehead atoms. The van der Waals surface area contributed by atoms with Crippen molar-refractivity contribution in [3.05, 3.63) is 0 Å². The summed E-state index contributed by atoms with van der Waals surface area (Å²) in [6, 6.07) is 0.783. The van der Waals surface area contributed by atoms with Gasteiger partial charge in [-0.15, -0.1) is 0 Å². The van der Waals surface area contributed by atoms with Crippen LogP contribution in [0.4, 0.5) is 4.79 Å². The number of likely N-dealkylation sites (tertiary alicyclic amines) is 1. The van der Waals surface area contributed by atoms with Crippen LogP contribution in [0.5, 0.6) is 0 Å². The van der Waals surface area contributed by atoms with Crippen molar-refractivity contribution in [2.75, 3.05) is 19.6 Å². The first-order valence-corrected chi connectivity index (χ1v) is 7.65. The minimum Gasteiger partial charge on any atom is -0.444 e. The number of hydrogen-bond acceptors (Lipinski definition) is 3. The summed E-state index contributed by atoms with van der Waals surface area (Å²) in [7, 11) is 0. The molecule has 2 rings (SSSR count). The highest BCUT2D eigenvalue weighted by atomic mass is 16.6. The first-order valence-electron chi connectivity index (χ1n) is 7.65. The molecule has 1 aliphatic carbocycles. The molecule has 1 atom stereocenters. The lowest BCUT2D eigenvalue weighted by molar-refractivity contribution is 0.0162. The van der Waals surface area contributed by atoms with Crippen molar-refractivity contribution >= 4 is 6.09 Å². The van der Waals surface area contributed by atoms with Gasteiger partial charge in [0.15, 0.2) is 0 Å². The Morgan fingerprint density at radius 2 is 2.05 bits per heavy atom. The Kier molecular flexibility index (Phi) is 4.71. The Morgan fingerprint density at radius 1 is 1.32 bits per heavy atom. The van der Waals surface area contributed by atoms with Gasteiger partial charge in [0.1, 0.15) is 5.60 Å². The molecule has 0 aromatic carbocycles. The van der Waals surface area contributed by atoms with Crippen LogP contribution < -0.4 is 5.32 Å². The van der Waals surface area contributed by atoms with Gasteiger partial charge in [0.25, 0.3) is 0 Å². The van der Waals surface area contributed by atoms with E-state index in [4.69, 9.17) is 4.74 Å². The summed E-state index contributed by atoms with van der Waals surface area (Å²) < 4.78 is 5.45. The van der Waals surface area contributed by atoms with E-state index in [9.17, 15) is 4.79 Å². The minimum atomic E-state index is -0.391. The van der Waals surface area contributed by atoms with Crippen molar-refractivity contribution < 1.29 is 9.53 Å². The number of carbonyl (C=O) groups is 1. The molecule has 0 spiro atoms. The molecule has 2 aliphatic rings. The van der Waals surface area contributed by atoms with Gasteiger partial charge in [-0.2, -0.15) is 0 Å². The van der Waals surface area contributed by atoms with E-state index in [1.54, 1.807) is 0 Å². The van der Waals surface area contributed by atoms with Crippen LogP contribution in [0, 0.1) is 5.92 Å². The van der Waals surface area contributed by atoms with Crippen molar-refractivity contribution in [2.45, 2.75) is 64.5 Å². The van der Waals surface area contributed by atoms with Crippen LogP contribution in [0.1, 0.15) is 52.9 Å². The van der Waals surface area contributed by atoms with E-state index in [-0.39, 0.29) is 6.09 Å². The van der Waals surface area contributed by atoms with Gasteiger partial charge in [0.05, 0.1) is 0 Å². The molecule has 0 aromatic rings. The summed E-state index contributed by atoms with van der Waals surface area (Å²) in [5.74, 6) is 0.632. The Balaban J connectivity index is 1.70. The van der Waals surface area contributed by atoms with Gasteiger partial charge in [-0.25, -0.2) is 4.79 Å². The van der Waals surface area contributed by atoms with Crippen LogP contribution >= 0.6 is 0 Å². The monoisotopic (exact) mass is 268 g/mol. The molecule has 1 heterocycles. The fourth-order valence-corrected chi connectivity index (χ4v) is 2.57. The molecule has 0 radical (unpaired) electrons. The normalized spacial score (nSPS) is 24.4. The molecule has 1 saturated carbocycles. The third kappa shape index (κ3) is 5.39. The Bertz CT molecular complexity index is 308. The summed E-state index contributed by atoms with van der Waals surface area (Å²) in [4.78, 5) is 13.9. The van der Waals surface area contributed by atoms with Gasteiger partial charge < -0.3 is 15.0 Å². The summed E-state index contributed by atoms with van der Waals surface area (Å²) in [6.07, 6.45) is 6.06. The van der Waals surface area contributed by atoms with Crippen molar-refractivity contribution in [1.82, 2.24) is 10.2 Å². The van der Waals surface area contributed by atoms with Crippen molar-refractivity contribution in [3.8, 4) is 0 Å². The lowest BCUT2D eigenvalue weighted by atomic mass is 9.95. The van der Waals surface area contributed by atoms with Crippen LogP contribution in [-0.2, 0) is 4.74 Å². The second-order valence-corrected chi connectivity index (χ2v) is 6.95. The zero-order valence-electron chi connectivity index (χ0n) is 12.6. The topological polar surface area (TPSA) is 41.6 Å². The molecule has 1 saturated heterocycles. The Labute approximate surface area is 116 Å². The number of ether oxygens (including phenoxy) is 1. The lowest BCUT2D eigenvalue weighted by Gasteiger charge is -2.34. The number of carbonyl (C=O) groups excluding carboxylic acids is 1. The standard InChI is InChI=1S/C15H28N2O2/c1-15(2,3)19-14(18)17-10-4-5-12(11-17)8-9-16-13-6-7-13/h12-13,16H,4-11H2,1-3H3/t12-/m0/s1. The van der Waals surface area contributed by atoms with E-state index in [0.29, 0.717) is 5.92 Å². The highest BCUT2D eigenvalue weighted by molar-refractivity contribution is 5.68. The maximum Gasteiger partial charge on any atom is 0.410 e. The SMILES string of the molecule is CC(C)(C)OC(=O)N1CCC[C@@H](CCNC2CC2)C1. The molecular formula is C15H28N2O2. The summed E-state index contributed by atoms with van der Waals surface area (Å²) >= 11 is 0. The van der Waals surface area contributed by atoms with Crippen LogP contribution in [0.15, 0.2) is 0 Å². The molecule has 2 fully saturated rings. The smallest absolute Gasteiger partial charge is 0.410 e.